The third kappa shape index (κ3) is 5.23. The topological polar surface area (TPSA) is 96.6 Å². The van der Waals surface area contributed by atoms with E-state index in [1.807, 2.05) is 32.0 Å². The molecule has 0 bridgehead atoms. The van der Waals surface area contributed by atoms with Gasteiger partial charge >= 0.3 is 6.18 Å². The van der Waals surface area contributed by atoms with Gasteiger partial charge in [0.1, 0.15) is 19.0 Å². The number of hydrogen-bond donors (Lipinski definition) is 1. The molecule has 4 rings (SSSR count). The number of aryl methyl sites for hydroxylation is 2. The molecule has 0 aromatic heterocycles. The van der Waals surface area contributed by atoms with Crippen molar-refractivity contribution in [1.29, 1.82) is 5.41 Å². The number of thioether (sulfide) groups is 1. The molecule has 2 heterocycles. The number of carbonyl (C=O) groups is 1. The lowest BCUT2D eigenvalue weighted by atomic mass is 10.1. The highest BCUT2D eigenvalue weighted by Crippen LogP contribution is 2.36. The molecule has 0 radical (unpaired) electrons. The Kier molecular flexibility index (Phi) is 7.07. The van der Waals surface area contributed by atoms with E-state index in [-0.39, 0.29) is 29.1 Å². The number of aliphatic imine (C=N–C) groups is 1. The summed E-state index contributed by atoms with van der Waals surface area (Å²) < 4.78 is 56.0. The molecule has 0 saturated heterocycles. The monoisotopic (exact) mass is 518 g/mol. The summed E-state index contributed by atoms with van der Waals surface area (Å²) in [6.07, 6.45) is -3.36. The lowest BCUT2D eigenvalue weighted by Gasteiger charge is -2.20. The van der Waals surface area contributed by atoms with Crippen molar-refractivity contribution in [2.45, 2.75) is 20.0 Å². The van der Waals surface area contributed by atoms with Gasteiger partial charge in [-0.3, -0.25) is 10.2 Å². The van der Waals surface area contributed by atoms with Gasteiger partial charge in [-0.2, -0.15) is 28.3 Å². The summed E-state index contributed by atoms with van der Waals surface area (Å²) in [5, 5.41) is 10.8. The quantitative estimate of drug-likeness (QED) is 0.412. The summed E-state index contributed by atoms with van der Waals surface area (Å²) in [7, 11) is 1.45. The maximum atomic E-state index is 13.0. The second kappa shape index (κ2) is 10.1. The second-order valence-electron chi connectivity index (χ2n) is 7.75. The van der Waals surface area contributed by atoms with E-state index in [1.54, 1.807) is 18.2 Å². The summed E-state index contributed by atoms with van der Waals surface area (Å²) in [6.45, 7) is 4.48. The van der Waals surface area contributed by atoms with Crippen molar-refractivity contribution in [2.24, 2.45) is 10.1 Å². The predicted octanol–water partition coefficient (Wildman–Crippen LogP) is 4.95. The number of carbonyl (C=O) groups excluding carboxylic acids is 1. The van der Waals surface area contributed by atoms with Crippen molar-refractivity contribution >= 4 is 39.8 Å². The van der Waals surface area contributed by atoms with Crippen LogP contribution in [0.4, 0.5) is 13.2 Å². The van der Waals surface area contributed by atoms with E-state index in [0.29, 0.717) is 28.7 Å². The summed E-state index contributed by atoms with van der Waals surface area (Å²) in [6, 6.07) is 10.7. The highest BCUT2D eigenvalue weighted by molar-refractivity contribution is 8.27. The molecular weight excluding hydrogens is 497 g/mol. The van der Waals surface area contributed by atoms with Crippen LogP contribution in [0.1, 0.15) is 16.7 Å². The molecule has 0 unspecified atom stereocenters. The van der Waals surface area contributed by atoms with Crippen LogP contribution in [0.5, 0.6) is 17.2 Å². The standard InChI is InChI=1S/C24H21F3N4O4S/c1-13-5-4-6-14(2)19(13)35-10-9-34-17-8-7-15(12-18(17)33-3)11-16-20(28)31-23(29-21(16)32)36-22(30-31)24(25,26)27/h4-8,11-12,28H,9-10H2,1-3H3/b16-11-,28-20?. The highest BCUT2D eigenvalue weighted by Gasteiger charge is 2.46. The summed E-state index contributed by atoms with van der Waals surface area (Å²) >= 11 is 0.200. The van der Waals surface area contributed by atoms with Crippen LogP contribution in [-0.2, 0) is 4.79 Å². The zero-order valence-corrected chi connectivity index (χ0v) is 20.3. The van der Waals surface area contributed by atoms with Gasteiger partial charge < -0.3 is 14.2 Å². The minimum atomic E-state index is -4.70. The maximum absolute atomic E-state index is 13.0. The number of fused-ring (bicyclic) bond motifs is 1. The Balaban J connectivity index is 1.46. The van der Waals surface area contributed by atoms with Gasteiger partial charge in [0, 0.05) is 0 Å². The number of amides is 1. The van der Waals surface area contributed by atoms with Crippen LogP contribution < -0.4 is 14.2 Å². The molecule has 0 spiro atoms. The van der Waals surface area contributed by atoms with Crippen LogP contribution in [0.15, 0.2) is 52.1 Å². The number of benzene rings is 2. The summed E-state index contributed by atoms with van der Waals surface area (Å²) in [5.41, 5.74) is 2.31. The molecule has 188 valence electrons. The molecule has 1 amide bonds. The van der Waals surface area contributed by atoms with E-state index in [2.05, 4.69) is 10.1 Å². The first-order chi connectivity index (χ1) is 17.1. The van der Waals surface area contributed by atoms with Gasteiger partial charge in [0.2, 0.25) is 10.2 Å². The summed E-state index contributed by atoms with van der Waals surface area (Å²) in [5.74, 6) is 0.276. The molecule has 1 N–H and O–H groups in total. The Bertz CT molecular complexity index is 1300. The SMILES string of the molecule is COc1cc(/C=C2/C(=N)N3N=C(C(F)(F)F)SC3=NC2=O)ccc1OCCOc1c(C)cccc1C. The van der Waals surface area contributed by atoms with Crippen LogP contribution in [0.2, 0.25) is 0 Å². The van der Waals surface area contributed by atoms with Crippen LogP contribution >= 0.6 is 11.8 Å². The average molecular weight is 519 g/mol. The number of ether oxygens (including phenoxy) is 3. The normalized spacial score (nSPS) is 16.6. The minimum Gasteiger partial charge on any atom is -0.493 e. The Morgan fingerprint density at radius 1 is 1.08 bits per heavy atom. The molecule has 36 heavy (non-hydrogen) atoms. The second-order valence-corrected chi connectivity index (χ2v) is 8.71. The minimum absolute atomic E-state index is 0.200. The molecule has 0 atom stereocenters. The predicted molar refractivity (Wildman–Crippen MR) is 131 cm³/mol. The van der Waals surface area contributed by atoms with Gasteiger partial charge in [0.25, 0.3) is 5.91 Å². The first kappa shape index (κ1) is 25.3. The highest BCUT2D eigenvalue weighted by atomic mass is 32.2. The molecule has 2 aromatic carbocycles. The van der Waals surface area contributed by atoms with Crippen molar-refractivity contribution < 1.29 is 32.2 Å². The number of alkyl halides is 3. The van der Waals surface area contributed by atoms with Gasteiger partial charge in [0.05, 0.1) is 12.7 Å². The first-order valence-electron chi connectivity index (χ1n) is 10.7. The van der Waals surface area contributed by atoms with Crippen LogP contribution in [0.25, 0.3) is 6.08 Å². The van der Waals surface area contributed by atoms with Gasteiger partial charge in [-0.15, -0.1) is 0 Å². The van der Waals surface area contributed by atoms with Gasteiger partial charge in [-0.1, -0.05) is 24.3 Å². The van der Waals surface area contributed by atoms with Crippen LogP contribution in [0, 0.1) is 19.3 Å². The fraction of sp³-hybridized carbons (Fsp3) is 0.250. The molecule has 2 aromatic rings. The number of para-hydroxylation sites is 1. The lowest BCUT2D eigenvalue weighted by molar-refractivity contribution is -0.114. The number of amidine groups is 2. The first-order valence-corrected chi connectivity index (χ1v) is 11.5. The van der Waals surface area contributed by atoms with Crippen molar-refractivity contribution in [2.75, 3.05) is 20.3 Å². The fourth-order valence-electron chi connectivity index (χ4n) is 3.49. The fourth-order valence-corrected chi connectivity index (χ4v) is 4.25. The smallest absolute Gasteiger partial charge is 0.441 e. The Hall–Kier alpha value is -3.80. The Morgan fingerprint density at radius 3 is 2.44 bits per heavy atom. The van der Waals surface area contributed by atoms with E-state index in [1.165, 1.54) is 13.2 Å². The molecule has 12 heteroatoms. The largest absolute Gasteiger partial charge is 0.493 e. The molecular formula is C24H21F3N4O4S. The molecule has 2 aliphatic heterocycles. The Morgan fingerprint density at radius 2 is 1.78 bits per heavy atom. The van der Waals surface area contributed by atoms with E-state index in [0.717, 1.165) is 16.9 Å². The van der Waals surface area contributed by atoms with Gasteiger partial charge in [-0.05, 0) is 60.5 Å². The van der Waals surface area contributed by atoms with Gasteiger partial charge in [-0.25, -0.2) is 0 Å². The number of nitrogens with one attached hydrogen (secondary N) is 1. The van der Waals surface area contributed by atoms with Crippen LogP contribution in [-0.4, -0.2) is 53.5 Å². The van der Waals surface area contributed by atoms with Crippen molar-refractivity contribution in [3.8, 4) is 17.2 Å². The molecule has 0 fully saturated rings. The van der Waals surface area contributed by atoms with Crippen molar-refractivity contribution in [3.05, 3.63) is 58.7 Å². The van der Waals surface area contributed by atoms with Crippen molar-refractivity contribution in [3.63, 3.8) is 0 Å². The number of nitrogens with zero attached hydrogens (tertiary/aromatic N) is 3. The average Bonchev–Trinajstić information content (AvgIpc) is 3.26. The third-order valence-corrected chi connectivity index (χ3v) is 6.14. The third-order valence-electron chi connectivity index (χ3n) is 5.19. The summed E-state index contributed by atoms with van der Waals surface area (Å²) in [4.78, 5) is 16.1. The van der Waals surface area contributed by atoms with Gasteiger partial charge in [0.15, 0.2) is 17.3 Å². The van der Waals surface area contributed by atoms with E-state index in [4.69, 9.17) is 19.6 Å². The van der Waals surface area contributed by atoms with Crippen molar-refractivity contribution in [1.82, 2.24) is 5.01 Å². The lowest BCUT2D eigenvalue weighted by Crippen LogP contribution is -2.35. The molecule has 0 saturated carbocycles. The number of hydrazone groups is 1. The molecule has 2 aliphatic rings. The number of rotatable bonds is 7. The molecule has 8 nitrogen and oxygen atoms in total. The number of methoxy groups -OCH3 is 1. The number of halogens is 3. The zero-order valence-electron chi connectivity index (χ0n) is 19.5. The molecule has 0 aliphatic carbocycles. The van der Waals surface area contributed by atoms with E-state index in [9.17, 15) is 18.0 Å². The zero-order chi connectivity index (χ0) is 26.0. The Labute approximate surface area is 208 Å². The van der Waals surface area contributed by atoms with E-state index >= 15 is 0 Å². The maximum Gasteiger partial charge on any atom is 0.441 e. The van der Waals surface area contributed by atoms with Crippen LogP contribution in [0.3, 0.4) is 0 Å². The number of hydrogen-bond acceptors (Lipinski definition) is 7. The van der Waals surface area contributed by atoms with E-state index < -0.39 is 23.0 Å².